The highest BCUT2D eigenvalue weighted by Gasteiger charge is 2.22. The molecule has 1 aliphatic carbocycles. The molecular weight excluding hydrogens is 316 g/mol. The number of anilines is 2. The number of benzene rings is 1. The van der Waals surface area contributed by atoms with Crippen LogP contribution in [0, 0.1) is 10.1 Å². The van der Waals surface area contributed by atoms with Gasteiger partial charge >= 0.3 is 0 Å². The fourth-order valence-electron chi connectivity index (χ4n) is 2.89. The Kier molecular flexibility index (Phi) is 3.12. The Balaban J connectivity index is 1.82. The third-order valence-corrected chi connectivity index (χ3v) is 5.15. The van der Waals surface area contributed by atoms with Crippen LogP contribution in [0.2, 0.25) is 0 Å². The molecule has 0 radical (unpaired) electrons. The average Bonchev–Trinajstić information content (AvgIpc) is 3.10. The van der Waals surface area contributed by atoms with E-state index in [0.717, 1.165) is 29.5 Å². The topological polar surface area (TPSA) is 101 Å². The number of non-ortho nitro benzene ring substituents is 1. The van der Waals surface area contributed by atoms with Crippen molar-refractivity contribution < 1.29 is 10.0 Å². The minimum absolute atomic E-state index is 0.0609. The van der Waals surface area contributed by atoms with Gasteiger partial charge in [0.2, 0.25) is 0 Å². The first-order valence-electron chi connectivity index (χ1n) is 7.13. The Morgan fingerprint density at radius 1 is 1.30 bits per heavy atom. The van der Waals surface area contributed by atoms with Crippen LogP contribution in [-0.4, -0.2) is 20.0 Å². The standard InChI is InChI=1S/C15H12N4O3S/c20-11-5-4-8(19(21)22)6-10(11)18-14-13-9-2-1-3-12(9)23-15(13)17-7-16-14/h4-7,20H,1-3H2,(H,16,17,18). The zero-order valence-electron chi connectivity index (χ0n) is 11.9. The smallest absolute Gasteiger partial charge is 0.271 e. The molecule has 8 heteroatoms. The molecule has 2 aromatic heterocycles. The normalized spacial score (nSPS) is 13.2. The molecule has 0 saturated carbocycles. The van der Waals surface area contributed by atoms with Gasteiger partial charge in [-0.25, -0.2) is 9.97 Å². The molecule has 7 nitrogen and oxygen atoms in total. The number of nitrogens with one attached hydrogen (secondary N) is 1. The van der Waals surface area contributed by atoms with Gasteiger partial charge in [0.15, 0.2) is 0 Å². The van der Waals surface area contributed by atoms with Crippen molar-refractivity contribution in [1.82, 2.24) is 9.97 Å². The number of aryl methyl sites for hydroxylation is 2. The number of nitro groups is 1. The van der Waals surface area contributed by atoms with Gasteiger partial charge in [0, 0.05) is 17.0 Å². The van der Waals surface area contributed by atoms with E-state index >= 15 is 0 Å². The summed E-state index contributed by atoms with van der Waals surface area (Å²) >= 11 is 1.66. The first kappa shape index (κ1) is 13.9. The van der Waals surface area contributed by atoms with Gasteiger partial charge < -0.3 is 10.4 Å². The van der Waals surface area contributed by atoms with Crippen molar-refractivity contribution in [3.05, 3.63) is 45.1 Å². The maximum Gasteiger partial charge on any atom is 0.271 e. The van der Waals surface area contributed by atoms with Crippen molar-refractivity contribution in [1.29, 1.82) is 0 Å². The van der Waals surface area contributed by atoms with Crippen LogP contribution in [-0.2, 0) is 12.8 Å². The third-order valence-electron chi connectivity index (χ3n) is 3.95. The molecule has 2 N–H and O–H groups in total. The van der Waals surface area contributed by atoms with Gasteiger partial charge in [0.1, 0.15) is 22.7 Å². The lowest BCUT2D eigenvalue weighted by molar-refractivity contribution is -0.384. The Labute approximate surface area is 134 Å². The highest BCUT2D eigenvalue weighted by molar-refractivity contribution is 7.19. The molecule has 1 aliphatic rings. The summed E-state index contributed by atoms with van der Waals surface area (Å²) in [7, 11) is 0. The monoisotopic (exact) mass is 328 g/mol. The molecule has 116 valence electrons. The fraction of sp³-hybridized carbons (Fsp3) is 0.200. The van der Waals surface area contributed by atoms with Gasteiger partial charge in [0.25, 0.3) is 5.69 Å². The molecule has 3 aromatic rings. The van der Waals surface area contributed by atoms with E-state index < -0.39 is 4.92 Å². The second-order valence-electron chi connectivity index (χ2n) is 5.34. The van der Waals surface area contributed by atoms with Crippen LogP contribution >= 0.6 is 11.3 Å². The van der Waals surface area contributed by atoms with Crippen molar-refractivity contribution in [2.24, 2.45) is 0 Å². The van der Waals surface area contributed by atoms with Gasteiger partial charge in [-0.3, -0.25) is 10.1 Å². The van der Waals surface area contributed by atoms with E-state index in [-0.39, 0.29) is 17.1 Å². The van der Waals surface area contributed by atoms with Crippen molar-refractivity contribution >= 4 is 38.7 Å². The quantitative estimate of drug-likeness (QED) is 0.433. The van der Waals surface area contributed by atoms with Gasteiger partial charge in [-0.15, -0.1) is 11.3 Å². The number of nitrogens with zero attached hydrogens (tertiary/aromatic N) is 3. The van der Waals surface area contributed by atoms with Crippen molar-refractivity contribution in [2.75, 3.05) is 5.32 Å². The van der Waals surface area contributed by atoms with Crippen molar-refractivity contribution in [3.8, 4) is 5.75 Å². The number of hydrogen-bond acceptors (Lipinski definition) is 7. The third kappa shape index (κ3) is 2.27. The molecule has 1 aromatic carbocycles. The maximum atomic E-state index is 10.9. The van der Waals surface area contributed by atoms with E-state index in [9.17, 15) is 15.2 Å². The van der Waals surface area contributed by atoms with Crippen LogP contribution in [0.3, 0.4) is 0 Å². The number of fused-ring (bicyclic) bond motifs is 3. The van der Waals surface area contributed by atoms with E-state index in [1.165, 1.54) is 35.0 Å². The lowest BCUT2D eigenvalue weighted by atomic mass is 10.2. The SMILES string of the molecule is O=[N+]([O-])c1ccc(O)c(Nc2ncnc3sc4c(c23)CCC4)c1. The highest BCUT2D eigenvalue weighted by Crippen LogP contribution is 2.40. The van der Waals surface area contributed by atoms with Crippen LogP contribution in [0.1, 0.15) is 16.9 Å². The Morgan fingerprint density at radius 3 is 3.00 bits per heavy atom. The van der Waals surface area contributed by atoms with Gasteiger partial charge in [-0.2, -0.15) is 0 Å². The molecular formula is C15H12N4O3S. The molecule has 23 heavy (non-hydrogen) atoms. The molecule has 4 rings (SSSR count). The molecule has 0 bridgehead atoms. The largest absolute Gasteiger partial charge is 0.506 e. The predicted molar refractivity (Wildman–Crippen MR) is 87.5 cm³/mol. The zero-order chi connectivity index (χ0) is 16.0. The van der Waals surface area contributed by atoms with Crippen molar-refractivity contribution in [2.45, 2.75) is 19.3 Å². The van der Waals surface area contributed by atoms with E-state index in [0.29, 0.717) is 5.82 Å². The van der Waals surface area contributed by atoms with E-state index in [1.54, 1.807) is 11.3 Å². The molecule has 0 atom stereocenters. The van der Waals surface area contributed by atoms with E-state index in [4.69, 9.17) is 0 Å². The number of rotatable bonds is 3. The second kappa shape index (κ2) is 5.17. The first-order valence-corrected chi connectivity index (χ1v) is 7.95. The average molecular weight is 328 g/mol. The minimum atomic E-state index is -0.498. The summed E-state index contributed by atoms with van der Waals surface area (Å²) in [5.41, 5.74) is 1.42. The number of hydrogen-bond donors (Lipinski definition) is 2. The summed E-state index contributed by atoms with van der Waals surface area (Å²) in [5, 5.41) is 24.9. The second-order valence-corrected chi connectivity index (χ2v) is 6.43. The lowest BCUT2D eigenvalue weighted by Gasteiger charge is -2.09. The van der Waals surface area contributed by atoms with Crippen LogP contribution in [0.15, 0.2) is 24.5 Å². The molecule has 0 amide bonds. The van der Waals surface area contributed by atoms with Crippen molar-refractivity contribution in [3.63, 3.8) is 0 Å². The summed E-state index contributed by atoms with van der Waals surface area (Å²) in [6, 6.07) is 3.87. The zero-order valence-corrected chi connectivity index (χ0v) is 12.8. The van der Waals surface area contributed by atoms with E-state index in [2.05, 4.69) is 15.3 Å². The summed E-state index contributed by atoms with van der Waals surface area (Å²) in [6.45, 7) is 0. The summed E-state index contributed by atoms with van der Waals surface area (Å²) < 4.78 is 0. The van der Waals surface area contributed by atoms with E-state index in [1.807, 2.05) is 0 Å². The predicted octanol–water partition coefficient (Wildman–Crippen LogP) is 3.54. The number of aromatic nitrogens is 2. The highest BCUT2D eigenvalue weighted by atomic mass is 32.1. The summed E-state index contributed by atoms with van der Waals surface area (Å²) in [6.07, 6.45) is 4.62. The number of thiophene rings is 1. The molecule has 0 spiro atoms. The van der Waals surface area contributed by atoms with Crippen LogP contribution in [0.5, 0.6) is 5.75 Å². The Bertz CT molecular complexity index is 938. The number of nitro benzene ring substituents is 1. The molecule has 0 unspecified atom stereocenters. The summed E-state index contributed by atoms with van der Waals surface area (Å²) in [5.74, 6) is 0.513. The maximum absolute atomic E-state index is 10.9. The Hall–Kier alpha value is -2.74. The number of phenolic OH excluding ortho intramolecular Hbond substituents is 1. The minimum Gasteiger partial charge on any atom is -0.506 e. The van der Waals surface area contributed by atoms with Crippen LogP contribution in [0.4, 0.5) is 17.2 Å². The van der Waals surface area contributed by atoms with Crippen LogP contribution in [0.25, 0.3) is 10.2 Å². The Morgan fingerprint density at radius 2 is 2.17 bits per heavy atom. The molecule has 0 fully saturated rings. The van der Waals surface area contributed by atoms with Gasteiger partial charge in [-0.05, 0) is 30.9 Å². The number of phenols is 1. The summed E-state index contributed by atoms with van der Waals surface area (Å²) in [4.78, 5) is 21.2. The molecule has 0 aliphatic heterocycles. The molecule has 2 heterocycles. The lowest BCUT2D eigenvalue weighted by Crippen LogP contribution is -1.97. The van der Waals surface area contributed by atoms with Gasteiger partial charge in [-0.1, -0.05) is 0 Å². The molecule has 0 saturated heterocycles. The number of aromatic hydroxyl groups is 1. The van der Waals surface area contributed by atoms with Gasteiger partial charge in [0.05, 0.1) is 16.0 Å². The first-order chi connectivity index (χ1) is 11.1. The van der Waals surface area contributed by atoms with Crippen LogP contribution < -0.4 is 5.32 Å². The fourth-order valence-corrected chi connectivity index (χ4v) is 4.12.